The summed E-state index contributed by atoms with van der Waals surface area (Å²) >= 11 is 1.68. The molecule has 7 nitrogen and oxygen atoms in total. The highest BCUT2D eigenvalue weighted by atomic mass is 32.1. The van der Waals surface area contributed by atoms with Crippen LogP contribution in [0.25, 0.3) is 32.1 Å². The van der Waals surface area contributed by atoms with Gasteiger partial charge in [0.25, 0.3) is 5.91 Å². The van der Waals surface area contributed by atoms with E-state index in [0.717, 1.165) is 32.1 Å². The van der Waals surface area contributed by atoms with E-state index in [9.17, 15) is 9.59 Å². The highest BCUT2D eigenvalue weighted by molar-refractivity contribution is 7.18. The predicted molar refractivity (Wildman–Crippen MR) is 139 cm³/mol. The SMILES string of the molecule is CC1(C)NC(=O)N(CCNc2ncc(-c3ccccc3)c(-c3ccc(-c4ccccc4)s3)n2)C1=O. The van der Waals surface area contributed by atoms with Gasteiger partial charge in [0, 0.05) is 29.7 Å². The van der Waals surface area contributed by atoms with Crippen molar-refractivity contribution in [2.24, 2.45) is 0 Å². The summed E-state index contributed by atoms with van der Waals surface area (Å²) in [6, 6.07) is 24.1. The van der Waals surface area contributed by atoms with Gasteiger partial charge in [-0.2, -0.15) is 0 Å². The molecular formula is C27H25N5O2S. The molecule has 0 spiro atoms. The minimum Gasteiger partial charge on any atom is -0.352 e. The van der Waals surface area contributed by atoms with Crippen LogP contribution >= 0.6 is 11.3 Å². The lowest BCUT2D eigenvalue weighted by Crippen LogP contribution is -2.40. The smallest absolute Gasteiger partial charge is 0.325 e. The second-order valence-electron chi connectivity index (χ2n) is 8.79. The lowest BCUT2D eigenvalue weighted by molar-refractivity contribution is -0.130. The van der Waals surface area contributed by atoms with Crippen LogP contribution in [-0.2, 0) is 4.79 Å². The van der Waals surface area contributed by atoms with Gasteiger partial charge >= 0.3 is 6.03 Å². The minimum atomic E-state index is -0.881. The van der Waals surface area contributed by atoms with Crippen molar-refractivity contribution < 1.29 is 9.59 Å². The van der Waals surface area contributed by atoms with E-state index in [1.807, 2.05) is 54.7 Å². The molecule has 3 heterocycles. The number of nitrogens with one attached hydrogen (secondary N) is 2. The Morgan fingerprint density at radius 2 is 1.57 bits per heavy atom. The first-order valence-electron chi connectivity index (χ1n) is 11.4. The minimum absolute atomic E-state index is 0.227. The summed E-state index contributed by atoms with van der Waals surface area (Å²) in [5, 5.41) is 5.87. The molecule has 0 aliphatic carbocycles. The van der Waals surface area contributed by atoms with Crippen LogP contribution in [-0.4, -0.2) is 45.4 Å². The largest absolute Gasteiger partial charge is 0.352 e. The third kappa shape index (κ3) is 4.65. The first kappa shape index (κ1) is 22.7. The molecule has 1 fully saturated rings. The fourth-order valence-electron chi connectivity index (χ4n) is 4.01. The summed E-state index contributed by atoms with van der Waals surface area (Å²) in [5.74, 6) is 0.206. The number of nitrogens with zero attached hydrogens (tertiary/aromatic N) is 3. The molecule has 3 amide bonds. The van der Waals surface area contributed by atoms with Gasteiger partial charge < -0.3 is 10.6 Å². The third-order valence-electron chi connectivity index (χ3n) is 5.83. The Balaban J connectivity index is 1.41. The molecular weight excluding hydrogens is 458 g/mol. The lowest BCUT2D eigenvalue weighted by Gasteiger charge is -2.16. The topological polar surface area (TPSA) is 87.2 Å². The molecule has 5 rings (SSSR count). The van der Waals surface area contributed by atoms with Crippen molar-refractivity contribution in [3.63, 3.8) is 0 Å². The van der Waals surface area contributed by atoms with Crippen LogP contribution in [0.4, 0.5) is 10.7 Å². The molecule has 176 valence electrons. The molecule has 2 aromatic heterocycles. The van der Waals surface area contributed by atoms with E-state index in [4.69, 9.17) is 4.98 Å². The van der Waals surface area contributed by atoms with Crippen molar-refractivity contribution in [1.29, 1.82) is 0 Å². The van der Waals surface area contributed by atoms with Crippen molar-refractivity contribution in [2.45, 2.75) is 19.4 Å². The maximum atomic E-state index is 12.4. The fourth-order valence-corrected chi connectivity index (χ4v) is 5.02. The van der Waals surface area contributed by atoms with Gasteiger partial charge in [0.1, 0.15) is 5.54 Å². The summed E-state index contributed by atoms with van der Waals surface area (Å²) < 4.78 is 0. The van der Waals surface area contributed by atoms with E-state index in [0.29, 0.717) is 12.5 Å². The number of benzene rings is 2. The predicted octanol–water partition coefficient (Wildman–Crippen LogP) is 5.28. The van der Waals surface area contributed by atoms with Gasteiger partial charge in [0.05, 0.1) is 10.6 Å². The maximum Gasteiger partial charge on any atom is 0.325 e. The van der Waals surface area contributed by atoms with Gasteiger partial charge in [-0.15, -0.1) is 11.3 Å². The molecule has 35 heavy (non-hydrogen) atoms. The van der Waals surface area contributed by atoms with E-state index in [-0.39, 0.29) is 18.5 Å². The Hall–Kier alpha value is -4.04. The Morgan fingerprint density at radius 1 is 0.914 bits per heavy atom. The zero-order chi connectivity index (χ0) is 24.4. The molecule has 1 aliphatic heterocycles. The van der Waals surface area contributed by atoms with Crippen LogP contribution in [0.1, 0.15) is 13.8 Å². The number of carbonyl (C=O) groups excluding carboxylic acids is 2. The number of rotatable bonds is 7. The van der Waals surface area contributed by atoms with Crippen LogP contribution in [0.15, 0.2) is 79.0 Å². The molecule has 2 N–H and O–H groups in total. The maximum absolute atomic E-state index is 12.4. The third-order valence-corrected chi connectivity index (χ3v) is 6.98. The number of hydrogen-bond acceptors (Lipinski definition) is 6. The summed E-state index contributed by atoms with van der Waals surface area (Å²) in [4.78, 5) is 37.3. The van der Waals surface area contributed by atoms with Gasteiger partial charge in [-0.1, -0.05) is 60.7 Å². The number of hydrogen-bond donors (Lipinski definition) is 2. The molecule has 0 bridgehead atoms. The monoisotopic (exact) mass is 483 g/mol. The average Bonchev–Trinajstić information content (AvgIpc) is 3.44. The van der Waals surface area contributed by atoms with Crippen LogP contribution in [0.5, 0.6) is 0 Å². The molecule has 4 aromatic rings. The van der Waals surface area contributed by atoms with E-state index >= 15 is 0 Å². The van der Waals surface area contributed by atoms with E-state index < -0.39 is 5.54 Å². The summed E-state index contributed by atoms with van der Waals surface area (Å²) in [6.45, 7) is 3.97. The average molecular weight is 484 g/mol. The van der Waals surface area contributed by atoms with Gasteiger partial charge in [0.15, 0.2) is 0 Å². The van der Waals surface area contributed by atoms with Crippen molar-refractivity contribution in [1.82, 2.24) is 20.2 Å². The normalized spacial score (nSPS) is 14.7. The number of urea groups is 1. The number of imide groups is 1. The Kier molecular flexibility index (Phi) is 6.05. The van der Waals surface area contributed by atoms with Gasteiger partial charge in [-0.3, -0.25) is 9.69 Å². The van der Waals surface area contributed by atoms with Gasteiger partial charge in [0.2, 0.25) is 5.95 Å². The highest BCUT2D eigenvalue weighted by Crippen LogP contribution is 2.38. The van der Waals surface area contributed by atoms with Crippen LogP contribution in [0.3, 0.4) is 0 Å². The number of amides is 3. The van der Waals surface area contributed by atoms with Crippen molar-refractivity contribution in [3.8, 4) is 32.1 Å². The number of anilines is 1. The van der Waals surface area contributed by atoms with Crippen LogP contribution in [0, 0.1) is 0 Å². The lowest BCUT2D eigenvalue weighted by atomic mass is 10.1. The zero-order valence-electron chi connectivity index (χ0n) is 19.5. The Morgan fingerprint density at radius 3 is 2.23 bits per heavy atom. The van der Waals surface area contributed by atoms with Gasteiger partial charge in [-0.25, -0.2) is 14.8 Å². The second-order valence-corrected chi connectivity index (χ2v) is 9.87. The molecule has 0 unspecified atom stereocenters. The first-order valence-corrected chi connectivity index (χ1v) is 12.2. The molecule has 0 atom stereocenters. The van der Waals surface area contributed by atoms with Crippen molar-refractivity contribution in [3.05, 3.63) is 79.0 Å². The quantitative estimate of drug-likeness (QED) is 0.349. The summed E-state index contributed by atoms with van der Waals surface area (Å²) in [5.41, 5.74) is 3.08. The van der Waals surface area contributed by atoms with Crippen molar-refractivity contribution >= 4 is 29.2 Å². The molecule has 0 radical (unpaired) electrons. The molecule has 0 saturated carbocycles. The summed E-state index contributed by atoms with van der Waals surface area (Å²) in [6.07, 6.45) is 1.82. The number of aromatic nitrogens is 2. The molecule has 8 heteroatoms. The molecule has 1 saturated heterocycles. The van der Waals surface area contributed by atoms with Crippen LogP contribution < -0.4 is 10.6 Å². The number of thiophene rings is 1. The number of carbonyl (C=O) groups is 2. The summed E-state index contributed by atoms with van der Waals surface area (Å²) in [7, 11) is 0. The second kappa shape index (κ2) is 9.31. The highest BCUT2D eigenvalue weighted by Gasteiger charge is 2.43. The standard InChI is InChI=1S/C27H25N5O2S/c1-27(2)24(33)32(26(34)31-27)16-15-28-25-29-17-20(18-9-5-3-6-10-18)23(30-25)22-14-13-21(35-22)19-11-7-4-8-12-19/h3-14,17H,15-16H2,1-2H3,(H,31,34)(H,28,29,30). The molecule has 1 aliphatic rings. The van der Waals surface area contributed by atoms with E-state index in [1.54, 1.807) is 25.2 Å². The van der Waals surface area contributed by atoms with E-state index in [2.05, 4.69) is 39.9 Å². The van der Waals surface area contributed by atoms with Crippen molar-refractivity contribution in [2.75, 3.05) is 18.4 Å². The molecule has 2 aromatic carbocycles. The van der Waals surface area contributed by atoms with Crippen LogP contribution in [0.2, 0.25) is 0 Å². The van der Waals surface area contributed by atoms with Gasteiger partial charge in [-0.05, 0) is 37.1 Å². The zero-order valence-corrected chi connectivity index (χ0v) is 20.3. The Labute approximate surface area is 207 Å². The first-order chi connectivity index (χ1) is 16.9. The Bertz CT molecular complexity index is 1370. The van der Waals surface area contributed by atoms with E-state index in [1.165, 1.54) is 4.90 Å². The fraction of sp³-hybridized carbons (Fsp3) is 0.185.